The number of aromatic nitrogens is 1. The molecule has 0 saturated heterocycles. The maximum atomic E-state index is 12.4. The average molecular weight is 442 g/mol. The molecule has 1 aliphatic rings. The maximum absolute atomic E-state index is 12.4. The zero-order chi connectivity index (χ0) is 19.7. The van der Waals surface area contributed by atoms with Crippen LogP contribution >= 0.6 is 15.9 Å². The van der Waals surface area contributed by atoms with Crippen molar-refractivity contribution in [3.8, 4) is 17.4 Å². The smallest absolute Gasteiger partial charge is 0.308 e. The first-order chi connectivity index (χ1) is 13.6. The molecule has 0 radical (unpaired) electrons. The highest BCUT2D eigenvalue weighted by Gasteiger charge is 2.27. The van der Waals surface area contributed by atoms with Gasteiger partial charge in [-0.1, -0.05) is 34.1 Å². The van der Waals surface area contributed by atoms with Gasteiger partial charge in [-0.3, -0.25) is 4.79 Å². The van der Waals surface area contributed by atoms with Crippen molar-refractivity contribution in [2.24, 2.45) is 10.2 Å². The number of hydrogen-bond acceptors (Lipinski definition) is 5. The monoisotopic (exact) mass is 441 g/mol. The van der Waals surface area contributed by atoms with Crippen LogP contribution in [-0.2, 0) is 11.3 Å². The molecular weight excluding hydrogens is 426 g/mol. The Labute approximate surface area is 169 Å². The van der Waals surface area contributed by atoms with Crippen LogP contribution in [0.2, 0.25) is 0 Å². The zero-order valence-corrected chi connectivity index (χ0v) is 16.3. The molecule has 1 unspecified atom stereocenters. The topological polar surface area (TPSA) is 85.4 Å². The molecule has 1 amide bonds. The lowest BCUT2D eigenvalue weighted by atomic mass is 10.2. The minimum Gasteiger partial charge on any atom is -0.493 e. The van der Waals surface area contributed by atoms with Crippen LogP contribution in [0.1, 0.15) is 0 Å². The van der Waals surface area contributed by atoms with Gasteiger partial charge in [0.25, 0.3) is 0 Å². The first kappa shape index (κ1) is 18.2. The van der Waals surface area contributed by atoms with E-state index < -0.39 is 12.0 Å². The first-order valence-electron chi connectivity index (χ1n) is 8.54. The molecule has 4 rings (SSSR count). The standard InChI is InChI=1S/C20H16BrN3O4/c1-2-9-24-14-8-7-12(21)10-13(14)18(20(24)26)22-23-19(25)17-11-27-15-5-3-4-6-16(15)28-17/h2-8,10,17,26H,1,9,11H2. The van der Waals surface area contributed by atoms with Crippen molar-refractivity contribution in [2.75, 3.05) is 6.61 Å². The highest BCUT2D eigenvalue weighted by molar-refractivity contribution is 9.10. The number of carbonyl (C=O) groups excluding carboxylic acids is 1. The first-order valence-corrected chi connectivity index (χ1v) is 9.33. The van der Waals surface area contributed by atoms with Crippen LogP contribution in [0.4, 0.5) is 5.69 Å². The van der Waals surface area contributed by atoms with Crippen molar-refractivity contribution in [2.45, 2.75) is 12.6 Å². The Morgan fingerprint density at radius 2 is 2.11 bits per heavy atom. The summed E-state index contributed by atoms with van der Waals surface area (Å²) in [7, 11) is 0. The van der Waals surface area contributed by atoms with Gasteiger partial charge < -0.3 is 19.1 Å². The maximum Gasteiger partial charge on any atom is 0.308 e. The van der Waals surface area contributed by atoms with Crippen LogP contribution < -0.4 is 9.47 Å². The fraction of sp³-hybridized carbons (Fsp3) is 0.150. The second kappa shape index (κ2) is 7.47. The molecule has 0 saturated carbocycles. The number of amides is 1. The molecule has 0 fully saturated rings. The Bertz CT molecular complexity index is 1110. The van der Waals surface area contributed by atoms with Crippen LogP contribution in [0.3, 0.4) is 0 Å². The normalized spacial score (nSPS) is 15.8. The Morgan fingerprint density at radius 1 is 1.32 bits per heavy atom. The number of fused-ring (bicyclic) bond motifs is 2. The van der Waals surface area contributed by atoms with Gasteiger partial charge in [0.05, 0.1) is 5.52 Å². The van der Waals surface area contributed by atoms with Crippen LogP contribution in [0.5, 0.6) is 17.4 Å². The summed E-state index contributed by atoms with van der Waals surface area (Å²) in [5.74, 6) is 0.388. The molecule has 1 aromatic heterocycles. The molecule has 2 heterocycles. The molecule has 0 aliphatic carbocycles. The van der Waals surface area contributed by atoms with Crippen molar-refractivity contribution < 1.29 is 19.4 Å². The second-order valence-corrected chi connectivity index (χ2v) is 7.05. The van der Waals surface area contributed by atoms with Gasteiger partial charge in [-0.05, 0) is 30.3 Å². The largest absolute Gasteiger partial charge is 0.493 e. The predicted octanol–water partition coefficient (Wildman–Crippen LogP) is 4.75. The summed E-state index contributed by atoms with van der Waals surface area (Å²) in [6, 6.07) is 12.6. The number of hydrogen-bond donors (Lipinski definition) is 1. The fourth-order valence-corrected chi connectivity index (χ4v) is 3.37. The molecule has 1 atom stereocenters. The Balaban J connectivity index is 1.64. The summed E-state index contributed by atoms with van der Waals surface area (Å²) in [5.41, 5.74) is 0.969. The minimum absolute atomic E-state index is 0.0463. The average Bonchev–Trinajstić information content (AvgIpc) is 2.96. The highest BCUT2D eigenvalue weighted by atomic mass is 79.9. The highest BCUT2D eigenvalue weighted by Crippen LogP contribution is 2.40. The second-order valence-electron chi connectivity index (χ2n) is 6.14. The summed E-state index contributed by atoms with van der Waals surface area (Å²) in [6.45, 7) is 4.14. The van der Waals surface area contributed by atoms with Gasteiger partial charge >= 0.3 is 5.91 Å². The van der Waals surface area contributed by atoms with Crippen molar-refractivity contribution in [3.05, 3.63) is 59.6 Å². The van der Waals surface area contributed by atoms with Gasteiger partial charge in [0.2, 0.25) is 12.0 Å². The van der Waals surface area contributed by atoms with Crippen LogP contribution in [0.15, 0.2) is 69.8 Å². The van der Waals surface area contributed by atoms with Crippen LogP contribution in [-0.4, -0.2) is 28.3 Å². The summed E-state index contributed by atoms with van der Waals surface area (Å²) < 4.78 is 13.6. The minimum atomic E-state index is -0.894. The predicted molar refractivity (Wildman–Crippen MR) is 107 cm³/mol. The van der Waals surface area contributed by atoms with E-state index in [0.717, 1.165) is 9.99 Å². The van der Waals surface area contributed by atoms with Crippen molar-refractivity contribution >= 4 is 38.4 Å². The molecular formula is C20H16BrN3O4. The van der Waals surface area contributed by atoms with Crippen LogP contribution in [0, 0.1) is 0 Å². The van der Waals surface area contributed by atoms with E-state index in [9.17, 15) is 9.90 Å². The van der Waals surface area contributed by atoms with Gasteiger partial charge in [0, 0.05) is 16.4 Å². The molecule has 8 heteroatoms. The molecule has 1 N–H and O–H groups in total. The van der Waals surface area contributed by atoms with E-state index in [0.29, 0.717) is 23.4 Å². The lowest BCUT2D eigenvalue weighted by molar-refractivity contribution is -0.127. The van der Waals surface area contributed by atoms with E-state index >= 15 is 0 Å². The Morgan fingerprint density at radius 3 is 2.89 bits per heavy atom. The molecule has 0 bridgehead atoms. The molecule has 7 nitrogen and oxygen atoms in total. The molecule has 3 aromatic rings. The zero-order valence-electron chi connectivity index (χ0n) is 14.7. The molecule has 0 spiro atoms. The molecule has 142 valence electrons. The van der Waals surface area contributed by atoms with Crippen molar-refractivity contribution in [3.63, 3.8) is 0 Å². The van der Waals surface area contributed by atoms with Gasteiger partial charge in [-0.25, -0.2) is 0 Å². The summed E-state index contributed by atoms with van der Waals surface area (Å²) in [5, 5.41) is 19.0. The number of rotatable bonds is 4. The summed E-state index contributed by atoms with van der Waals surface area (Å²) >= 11 is 3.41. The van der Waals surface area contributed by atoms with Gasteiger partial charge in [0.1, 0.15) is 6.61 Å². The number of azo groups is 1. The number of carbonyl (C=O) groups is 1. The fourth-order valence-electron chi connectivity index (χ4n) is 3.01. The number of benzene rings is 2. The van der Waals surface area contributed by atoms with E-state index in [1.807, 2.05) is 24.3 Å². The third kappa shape index (κ3) is 3.27. The van der Waals surface area contributed by atoms with Crippen LogP contribution in [0.25, 0.3) is 10.9 Å². The number of para-hydroxylation sites is 2. The quantitative estimate of drug-likeness (QED) is 0.467. The summed E-state index contributed by atoms with van der Waals surface area (Å²) in [6.07, 6.45) is 0.770. The lowest BCUT2D eigenvalue weighted by Crippen LogP contribution is -2.35. The van der Waals surface area contributed by atoms with E-state index in [1.165, 1.54) is 0 Å². The SMILES string of the molecule is C=CCn1c(O)c(N=NC(=O)C2COc3ccccc3O2)c2cc(Br)ccc21. The summed E-state index contributed by atoms with van der Waals surface area (Å²) in [4.78, 5) is 12.4. The number of nitrogens with zero attached hydrogens (tertiary/aromatic N) is 3. The van der Waals surface area contributed by atoms with E-state index in [2.05, 4.69) is 32.7 Å². The number of ether oxygens (including phenoxy) is 2. The number of allylic oxidation sites excluding steroid dienone is 1. The molecule has 2 aromatic carbocycles. The van der Waals surface area contributed by atoms with Gasteiger partial charge in [-0.15, -0.1) is 16.8 Å². The van der Waals surface area contributed by atoms with E-state index in [4.69, 9.17) is 9.47 Å². The number of aromatic hydroxyl groups is 1. The Kier molecular flexibility index (Phi) is 4.87. The molecule has 28 heavy (non-hydrogen) atoms. The third-order valence-corrected chi connectivity index (χ3v) is 4.81. The Hall–Kier alpha value is -3.13. The van der Waals surface area contributed by atoms with Crippen molar-refractivity contribution in [1.82, 2.24) is 4.57 Å². The van der Waals surface area contributed by atoms with Gasteiger partial charge in [-0.2, -0.15) is 0 Å². The molecule has 1 aliphatic heterocycles. The van der Waals surface area contributed by atoms with Crippen molar-refractivity contribution in [1.29, 1.82) is 0 Å². The van der Waals surface area contributed by atoms with Gasteiger partial charge in [0.15, 0.2) is 17.2 Å². The number of halogens is 1. The third-order valence-electron chi connectivity index (χ3n) is 4.32. The van der Waals surface area contributed by atoms with E-state index in [-0.39, 0.29) is 18.2 Å². The van der Waals surface area contributed by atoms with E-state index in [1.54, 1.807) is 28.8 Å². The lowest BCUT2D eigenvalue weighted by Gasteiger charge is -2.23.